The van der Waals surface area contributed by atoms with E-state index in [-0.39, 0.29) is 37.1 Å². The second kappa shape index (κ2) is 10.6. The first-order chi connectivity index (χ1) is 13.0. The van der Waals surface area contributed by atoms with Crippen LogP contribution in [0.25, 0.3) is 0 Å². The predicted octanol–water partition coefficient (Wildman–Crippen LogP) is 1.13. The smallest absolute Gasteiger partial charge is 0.326 e. The van der Waals surface area contributed by atoms with Gasteiger partial charge in [-0.05, 0) is 25.5 Å². The van der Waals surface area contributed by atoms with E-state index in [0.29, 0.717) is 18.7 Å². The maximum absolute atomic E-state index is 12.1. The minimum absolute atomic E-state index is 0.181. The van der Waals surface area contributed by atoms with Crippen LogP contribution in [0.5, 0.6) is 0 Å². The molecule has 0 unspecified atom stereocenters. The van der Waals surface area contributed by atoms with Gasteiger partial charge in [-0.15, -0.1) is 11.8 Å². The van der Waals surface area contributed by atoms with Gasteiger partial charge < -0.3 is 14.8 Å². The molecule has 1 aromatic carbocycles. The number of carbonyl (C=O) groups excluding carboxylic acids is 4. The van der Waals surface area contributed by atoms with Gasteiger partial charge in [0, 0.05) is 17.9 Å². The fraction of sp³-hybridized carbons (Fsp3) is 0.444. The normalized spacial score (nSPS) is 12.9. The highest BCUT2D eigenvalue weighted by Crippen LogP contribution is 2.34. The minimum atomic E-state index is -0.660. The van der Waals surface area contributed by atoms with Crippen molar-refractivity contribution in [2.45, 2.75) is 24.7 Å². The third-order valence-electron chi connectivity index (χ3n) is 3.64. The molecular weight excluding hydrogens is 372 g/mol. The number of benzene rings is 1. The summed E-state index contributed by atoms with van der Waals surface area (Å²) in [6.45, 7) is 1.65. The van der Waals surface area contributed by atoms with Gasteiger partial charge in [0.1, 0.15) is 6.54 Å². The van der Waals surface area contributed by atoms with Crippen molar-refractivity contribution in [1.29, 1.82) is 0 Å². The molecule has 146 valence electrons. The highest BCUT2D eigenvalue weighted by molar-refractivity contribution is 8.00. The molecule has 0 spiro atoms. The van der Waals surface area contributed by atoms with Crippen molar-refractivity contribution in [1.82, 2.24) is 5.32 Å². The lowest BCUT2D eigenvalue weighted by molar-refractivity contribution is -0.147. The van der Waals surface area contributed by atoms with Crippen molar-refractivity contribution in [2.75, 3.05) is 37.0 Å². The van der Waals surface area contributed by atoms with Gasteiger partial charge >= 0.3 is 11.9 Å². The molecule has 8 nitrogen and oxygen atoms in total. The highest BCUT2D eigenvalue weighted by Gasteiger charge is 2.26. The van der Waals surface area contributed by atoms with Crippen molar-refractivity contribution in [3.05, 3.63) is 24.3 Å². The highest BCUT2D eigenvalue weighted by atomic mass is 32.2. The van der Waals surface area contributed by atoms with E-state index in [1.165, 1.54) is 16.7 Å². The van der Waals surface area contributed by atoms with Crippen LogP contribution in [0.2, 0.25) is 0 Å². The van der Waals surface area contributed by atoms with Crippen LogP contribution in [0, 0.1) is 0 Å². The van der Waals surface area contributed by atoms with Gasteiger partial charge in [0.2, 0.25) is 5.91 Å². The lowest BCUT2D eigenvalue weighted by atomic mass is 10.2. The zero-order valence-electron chi connectivity index (χ0n) is 15.1. The number of esters is 2. The SMILES string of the molecule is CCOC(=O)CCCNC(=O)COC(=O)CN1C(=O)CSc2ccccc21. The first-order valence-electron chi connectivity index (χ1n) is 8.61. The molecule has 1 N–H and O–H groups in total. The molecule has 0 saturated heterocycles. The van der Waals surface area contributed by atoms with Gasteiger partial charge in [0.25, 0.3) is 5.91 Å². The Bertz CT molecular complexity index is 709. The summed E-state index contributed by atoms with van der Waals surface area (Å²) >= 11 is 1.42. The first kappa shape index (κ1) is 20.8. The second-order valence-electron chi connectivity index (χ2n) is 5.66. The molecule has 0 aromatic heterocycles. The zero-order chi connectivity index (χ0) is 19.6. The van der Waals surface area contributed by atoms with Crippen LogP contribution >= 0.6 is 11.8 Å². The number of carbonyl (C=O) groups is 4. The van der Waals surface area contributed by atoms with Crippen molar-refractivity contribution >= 4 is 41.2 Å². The van der Waals surface area contributed by atoms with Crippen LogP contribution in [-0.4, -0.2) is 55.8 Å². The predicted molar refractivity (Wildman–Crippen MR) is 99.4 cm³/mol. The number of anilines is 1. The van der Waals surface area contributed by atoms with E-state index in [0.717, 1.165) is 4.90 Å². The number of hydrogen-bond acceptors (Lipinski definition) is 7. The molecule has 27 heavy (non-hydrogen) atoms. The van der Waals surface area contributed by atoms with Crippen LogP contribution in [0.3, 0.4) is 0 Å². The molecule has 1 aliphatic rings. The summed E-state index contributed by atoms with van der Waals surface area (Å²) in [4.78, 5) is 49.2. The van der Waals surface area contributed by atoms with Crippen LogP contribution in [0.4, 0.5) is 5.69 Å². The number of nitrogens with zero attached hydrogens (tertiary/aromatic N) is 1. The number of amides is 2. The minimum Gasteiger partial charge on any atom is -0.466 e. The van der Waals surface area contributed by atoms with Crippen LogP contribution < -0.4 is 10.2 Å². The summed E-state index contributed by atoms with van der Waals surface area (Å²) in [5.41, 5.74) is 0.666. The summed E-state index contributed by atoms with van der Waals surface area (Å²) in [7, 11) is 0. The van der Waals surface area contributed by atoms with Gasteiger partial charge in [-0.2, -0.15) is 0 Å². The Morgan fingerprint density at radius 2 is 1.96 bits per heavy atom. The van der Waals surface area contributed by atoms with E-state index in [9.17, 15) is 19.2 Å². The number of nitrogens with one attached hydrogen (secondary N) is 1. The molecule has 9 heteroatoms. The number of para-hydroxylation sites is 1. The van der Waals surface area contributed by atoms with Crippen molar-refractivity contribution in [3.8, 4) is 0 Å². The van der Waals surface area contributed by atoms with Gasteiger partial charge in [-0.3, -0.25) is 24.1 Å². The van der Waals surface area contributed by atoms with Crippen molar-refractivity contribution < 1.29 is 28.7 Å². The second-order valence-corrected chi connectivity index (χ2v) is 6.67. The molecule has 0 aliphatic carbocycles. The number of rotatable bonds is 9. The molecule has 0 saturated carbocycles. The third-order valence-corrected chi connectivity index (χ3v) is 4.69. The van der Waals surface area contributed by atoms with Crippen molar-refractivity contribution in [2.24, 2.45) is 0 Å². The summed E-state index contributed by atoms with van der Waals surface area (Å²) in [5.74, 6) is -1.37. The lowest BCUT2D eigenvalue weighted by Gasteiger charge is -2.27. The maximum atomic E-state index is 12.1. The molecular formula is C18H22N2O6S. The molecule has 1 aliphatic heterocycles. The Kier molecular flexibility index (Phi) is 8.12. The van der Waals surface area contributed by atoms with Crippen LogP contribution in [-0.2, 0) is 28.7 Å². The fourth-order valence-corrected chi connectivity index (χ4v) is 3.33. The number of fused-ring (bicyclic) bond motifs is 1. The first-order valence-corrected chi connectivity index (χ1v) is 9.60. The van der Waals surface area contributed by atoms with E-state index in [4.69, 9.17) is 9.47 Å². The molecule has 0 fully saturated rings. The molecule has 1 heterocycles. The van der Waals surface area contributed by atoms with E-state index in [2.05, 4.69) is 5.32 Å². The van der Waals surface area contributed by atoms with Gasteiger partial charge in [0.05, 0.1) is 18.0 Å². The van der Waals surface area contributed by atoms with Crippen LogP contribution in [0.1, 0.15) is 19.8 Å². The molecule has 0 radical (unpaired) electrons. The average Bonchev–Trinajstić information content (AvgIpc) is 2.66. The largest absolute Gasteiger partial charge is 0.466 e. The fourth-order valence-electron chi connectivity index (χ4n) is 2.39. The van der Waals surface area contributed by atoms with Crippen LogP contribution in [0.15, 0.2) is 29.2 Å². The van der Waals surface area contributed by atoms with E-state index in [1.54, 1.807) is 19.1 Å². The maximum Gasteiger partial charge on any atom is 0.326 e. The molecule has 0 bridgehead atoms. The quantitative estimate of drug-likeness (QED) is 0.495. The summed E-state index contributed by atoms with van der Waals surface area (Å²) in [6.07, 6.45) is 0.650. The van der Waals surface area contributed by atoms with E-state index in [1.807, 2.05) is 12.1 Å². The Morgan fingerprint density at radius 3 is 2.74 bits per heavy atom. The Labute approximate surface area is 161 Å². The summed E-state index contributed by atoms with van der Waals surface area (Å²) in [5, 5.41) is 2.56. The van der Waals surface area contributed by atoms with Crippen molar-refractivity contribution in [3.63, 3.8) is 0 Å². The number of hydrogen-bond donors (Lipinski definition) is 1. The zero-order valence-corrected chi connectivity index (χ0v) is 15.9. The van der Waals surface area contributed by atoms with Gasteiger partial charge in [-0.1, -0.05) is 12.1 Å². The van der Waals surface area contributed by atoms with Gasteiger partial charge in [0.15, 0.2) is 6.61 Å². The number of thioether (sulfide) groups is 1. The standard InChI is InChI=1S/C18H22N2O6S/c1-2-25-17(23)8-5-9-19-15(21)11-26-18(24)10-20-13-6-3-4-7-14(13)27-12-16(20)22/h3-4,6-7H,2,5,8-12H2,1H3,(H,19,21). The molecule has 1 aromatic rings. The third kappa shape index (κ3) is 6.59. The van der Waals surface area contributed by atoms with Gasteiger partial charge in [-0.25, -0.2) is 0 Å². The lowest BCUT2D eigenvalue weighted by Crippen LogP contribution is -2.40. The number of ether oxygens (including phenoxy) is 2. The average molecular weight is 394 g/mol. The summed E-state index contributed by atoms with van der Waals surface area (Å²) < 4.78 is 9.72. The molecule has 2 rings (SSSR count). The molecule has 0 atom stereocenters. The van der Waals surface area contributed by atoms with E-state index >= 15 is 0 Å². The topological polar surface area (TPSA) is 102 Å². The Hall–Kier alpha value is -2.55. The summed E-state index contributed by atoms with van der Waals surface area (Å²) in [6, 6.07) is 7.31. The Balaban J connectivity index is 1.71. The molecule has 2 amide bonds. The Morgan fingerprint density at radius 1 is 1.19 bits per heavy atom. The monoisotopic (exact) mass is 394 g/mol. The van der Waals surface area contributed by atoms with E-state index < -0.39 is 18.5 Å².